The van der Waals surface area contributed by atoms with Crippen LogP contribution in [0.4, 0.5) is 5.82 Å². The number of aliphatic hydroxyl groups excluding tert-OH is 3. The molecule has 3 heterocycles. The molecule has 0 aromatic carbocycles. The van der Waals surface area contributed by atoms with Gasteiger partial charge in [-0.2, -0.15) is 0 Å². The number of ether oxygens (including phenoxy) is 1. The van der Waals surface area contributed by atoms with Gasteiger partial charge in [-0.05, 0) is 0 Å². The number of nitrogens with one attached hydrogen (secondary N) is 1. The third-order valence-corrected chi connectivity index (χ3v) is 3.29. The Balaban J connectivity index is 2.03. The molecule has 3 rings (SSSR count). The summed E-state index contributed by atoms with van der Waals surface area (Å²) >= 11 is 0. The number of rotatable bonds is 3. The number of fused-ring (bicyclic) bond motifs is 1. The molecule has 20 heavy (non-hydrogen) atoms. The van der Waals surface area contributed by atoms with Crippen LogP contribution in [0.3, 0.4) is 0 Å². The lowest BCUT2D eigenvalue weighted by Crippen LogP contribution is -2.33. The van der Waals surface area contributed by atoms with E-state index in [2.05, 4.69) is 20.4 Å². The molecule has 6 N–H and O–H groups in total. The van der Waals surface area contributed by atoms with E-state index in [0.717, 1.165) is 0 Å². The fraction of sp³-hybridized carbons (Fsp3) is 0.500. The third kappa shape index (κ3) is 1.82. The highest BCUT2D eigenvalue weighted by atomic mass is 16.6. The summed E-state index contributed by atoms with van der Waals surface area (Å²) in [6.07, 6.45) is -1.45. The first kappa shape index (κ1) is 13.1. The van der Waals surface area contributed by atoms with Crippen LogP contribution in [0.2, 0.25) is 0 Å². The molecule has 1 saturated heterocycles. The highest BCUT2D eigenvalue weighted by molar-refractivity contribution is 5.82. The van der Waals surface area contributed by atoms with Gasteiger partial charge < -0.3 is 25.5 Å². The summed E-state index contributed by atoms with van der Waals surface area (Å²) in [5.41, 5.74) is 3.20. The number of imidazole rings is 1. The third-order valence-electron chi connectivity index (χ3n) is 3.29. The molecule has 1 aliphatic rings. The Bertz CT molecular complexity index is 619. The van der Waals surface area contributed by atoms with E-state index in [0.29, 0.717) is 17.0 Å². The molecule has 0 saturated carbocycles. The van der Waals surface area contributed by atoms with E-state index in [4.69, 9.17) is 15.7 Å². The zero-order valence-electron chi connectivity index (χ0n) is 10.3. The number of hydrazine groups is 1. The van der Waals surface area contributed by atoms with Gasteiger partial charge in [0.25, 0.3) is 0 Å². The van der Waals surface area contributed by atoms with Crippen LogP contribution in [-0.4, -0.2) is 59.8 Å². The molecule has 0 radical (unpaired) electrons. The first-order valence-corrected chi connectivity index (χ1v) is 5.94. The van der Waals surface area contributed by atoms with Gasteiger partial charge in [-0.1, -0.05) is 0 Å². The maximum atomic E-state index is 10.00. The van der Waals surface area contributed by atoms with Gasteiger partial charge in [-0.25, -0.2) is 20.8 Å². The van der Waals surface area contributed by atoms with Crippen molar-refractivity contribution in [2.45, 2.75) is 24.5 Å². The summed E-state index contributed by atoms with van der Waals surface area (Å²) < 4.78 is 6.88. The van der Waals surface area contributed by atoms with E-state index in [9.17, 15) is 10.2 Å². The Kier molecular flexibility index (Phi) is 3.23. The van der Waals surface area contributed by atoms with Crippen LogP contribution in [-0.2, 0) is 4.74 Å². The molecule has 0 amide bonds. The zero-order valence-corrected chi connectivity index (χ0v) is 10.3. The van der Waals surface area contributed by atoms with Crippen LogP contribution >= 0.6 is 0 Å². The molecule has 2 aromatic rings. The molecule has 108 valence electrons. The van der Waals surface area contributed by atoms with Crippen molar-refractivity contribution in [2.24, 2.45) is 5.84 Å². The van der Waals surface area contributed by atoms with Crippen molar-refractivity contribution in [3.05, 3.63) is 12.7 Å². The molecule has 4 atom stereocenters. The van der Waals surface area contributed by atoms with Crippen molar-refractivity contribution in [3.63, 3.8) is 0 Å². The second-order valence-electron chi connectivity index (χ2n) is 4.42. The minimum absolute atomic E-state index is 0.334. The number of aliphatic hydroxyl groups is 3. The number of aromatic nitrogens is 4. The standard InChI is InChI=1S/C10H14N6O4/c11-15-8-5-9(13-2-12-8)16(3-14-5)10-7(19)6(18)4(1-17)20-10/h2-4,6-7,10,17-19H,1,11H2,(H,12,13,15)/t4-,6+,7+,10-/m1/s1. The minimum Gasteiger partial charge on any atom is -0.394 e. The van der Waals surface area contributed by atoms with Crippen LogP contribution in [0, 0.1) is 0 Å². The van der Waals surface area contributed by atoms with Crippen LogP contribution in [0.5, 0.6) is 0 Å². The SMILES string of the molecule is NNc1ncnc2c1ncn2[C@@H]1O[C@H](CO)[C@H](O)[C@@H]1O. The Hall–Kier alpha value is -1.85. The maximum Gasteiger partial charge on any atom is 0.171 e. The average molecular weight is 282 g/mol. The van der Waals surface area contributed by atoms with Crippen molar-refractivity contribution in [2.75, 3.05) is 12.0 Å². The normalized spacial score (nSPS) is 30.0. The van der Waals surface area contributed by atoms with Crippen molar-refractivity contribution in [3.8, 4) is 0 Å². The second-order valence-corrected chi connectivity index (χ2v) is 4.42. The topological polar surface area (TPSA) is 152 Å². The summed E-state index contributed by atoms with van der Waals surface area (Å²) in [4.78, 5) is 12.1. The smallest absolute Gasteiger partial charge is 0.171 e. The lowest BCUT2D eigenvalue weighted by atomic mass is 10.1. The van der Waals surface area contributed by atoms with E-state index in [-0.39, 0.29) is 0 Å². The highest BCUT2D eigenvalue weighted by Gasteiger charge is 2.43. The van der Waals surface area contributed by atoms with Crippen molar-refractivity contribution in [1.29, 1.82) is 0 Å². The maximum absolute atomic E-state index is 10.00. The molecular formula is C10H14N6O4. The number of anilines is 1. The first-order valence-electron chi connectivity index (χ1n) is 5.94. The van der Waals surface area contributed by atoms with Gasteiger partial charge in [0.1, 0.15) is 24.6 Å². The molecule has 10 heteroatoms. The monoisotopic (exact) mass is 282 g/mol. The van der Waals surface area contributed by atoms with E-state index in [1.54, 1.807) is 0 Å². The Morgan fingerprint density at radius 1 is 1.30 bits per heavy atom. The fourth-order valence-electron chi connectivity index (χ4n) is 2.25. The van der Waals surface area contributed by atoms with E-state index >= 15 is 0 Å². The van der Waals surface area contributed by atoms with Gasteiger partial charge in [0, 0.05) is 0 Å². The van der Waals surface area contributed by atoms with Gasteiger partial charge >= 0.3 is 0 Å². The van der Waals surface area contributed by atoms with E-state index in [1.165, 1.54) is 17.2 Å². The number of nitrogens with two attached hydrogens (primary N) is 1. The van der Waals surface area contributed by atoms with Crippen LogP contribution in [0.15, 0.2) is 12.7 Å². The number of nitrogen functional groups attached to an aromatic ring is 1. The Labute approximate surface area is 112 Å². The molecule has 10 nitrogen and oxygen atoms in total. The molecule has 0 unspecified atom stereocenters. The van der Waals surface area contributed by atoms with Gasteiger partial charge in [0.15, 0.2) is 23.2 Å². The molecule has 1 fully saturated rings. The molecule has 2 aromatic heterocycles. The molecule has 0 aliphatic carbocycles. The average Bonchev–Trinajstić information content (AvgIpc) is 3.01. The first-order chi connectivity index (χ1) is 9.67. The summed E-state index contributed by atoms with van der Waals surface area (Å²) in [6.45, 7) is -0.397. The molecule has 0 bridgehead atoms. The number of nitrogens with zero attached hydrogens (tertiary/aromatic N) is 4. The van der Waals surface area contributed by atoms with Gasteiger partial charge in [-0.3, -0.25) is 4.57 Å². The fourth-order valence-corrected chi connectivity index (χ4v) is 2.25. The summed E-state index contributed by atoms with van der Waals surface area (Å²) in [7, 11) is 0. The van der Waals surface area contributed by atoms with Crippen LogP contribution in [0.1, 0.15) is 6.23 Å². The minimum atomic E-state index is -1.20. The summed E-state index contributed by atoms with van der Waals surface area (Å²) in [6, 6.07) is 0. The molecule has 1 aliphatic heterocycles. The number of hydrogen-bond donors (Lipinski definition) is 5. The zero-order chi connectivity index (χ0) is 14.3. The molecule has 0 spiro atoms. The predicted molar refractivity (Wildman–Crippen MR) is 66.1 cm³/mol. The van der Waals surface area contributed by atoms with Crippen molar-refractivity contribution >= 4 is 17.0 Å². The van der Waals surface area contributed by atoms with Gasteiger partial charge in [0.2, 0.25) is 0 Å². The quantitative estimate of drug-likeness (QED) is 0.310. The van der Waals surface area contributed by atoms with Gasteiger partial charge in [-0.15, -0.1) is 0 Å². The Morgan fingerprint density at radius 2 is 2.10 bits per heavy atom. The number of hydrogen-bond acceptors (Lipinski definition) is 9. The van der Waals surface area contributed by atoms with Crippen LogP contribution in [0.25, 0.3) is 11.2 Å². The lowest BCUT2D eigenvalue weighted by Gasteiger charge is -2.16. The van der Waals surface area contributed by atoms with Crippen molar-refractivity contribution < 1.29 is 20.1 Å². The predicted octanol–water partition coefficient (Wildman–Crippen LogP) is -2.28. The lowest BCUT2D eigenvalue weighted by molar-refractivity contribution is -0.0511. The highest BCUT2D eigenvalue weighted by Crippen LogP contribution is 2.31. The summed E-state index contributed by atoms with van der Waals surface area (Å²) in [5, 5.41) is 28.9. The van der Waals surface area contributed by atoms with Gasteiger partial charge in [0.05, 0.1) is 12.9 Å². The summed E-state index contributed by atoms with van der Waals surface area (Å²) in [5.74, 6) is 5.66. The van der Waals surface area contributed by atoms with Crippen molar-refractivity contribution in [1.82, 2.24) is 19.5 Å². The van der Waals surface area contributed by atoms with Crippen LogP contribution < -0.4 is 11.3 Å². The molecular weight excluding hydrogens is 268 g/mol. The van der Waals surface area contributed by atoms with E-state index < -0.39 is 31.1 Å². The largest absolute Gasteiger partial charge is 0.394 e. The Morgan fingerprint density at radius 3 is 2.75 bits per heavy atom. The van der Waals surface area contributed by atoms with E-state index in [1.807, 2.05) is 0 Å². The second kappa shape index (κ2) is 4.92.